The molecule has 1 aromatic carbocycles. The average Bonchev–Trinajstić information content (AvgIpc) is 2.48. The molecule has 1 heterocycles. The Bertz CT molecular complexity index is 376. The van der Waals surface area contributed by atoms with Crippen LogP contribution in [0.4, 0.5) is 0 Å². The van der Waals surface area contributed by atoms with Crippen molar-refractivity contribution in [2.45, 2.75) is 52.1 Å². The maximum absolute atomic E-state index is 3.62. The van der Waals surface area contributed by atoms with Crippen LogP contribution < -0.4 is 5.32 Å². The van der Waals surface area contributed by atoms with Crippen LogP contribution in [0.5, 0.6) is 0 Å². The number of benzene rings is 1. The van der Waals surface area contributed by atoms with E-state index in [1.165, 1.54) is 31.4 Å². The molecule has 1 aliphatic heterocycles. The van der Waals surface area contributed by atoms with Gasteiger partial charge < -0.3 is 5.32 Å². The van der Waals surface area contributed by atoms with Crippen LogP contribution in [-0.4, -0.2) is 30.6 Å². The molecule has 3 atom stereocenters. The van der Waals surface area contributed by atoms with Crippen LogP contribution in [-0.2, 0) is 0 Å². The molecule has 0 aliphatic carbocycles. The van der Waals surface area contributed by atoms with Gasteiger partial charge in [0.15, 0.2) is 0 Å². The lowest BCUT2D eigenvalue weighted by atomic mass is 9.89. The fourth-order valence-electron chi connectivity index (χ4n) is 3.32. The van der Waals surface area contributed by atoms with Crippen LogP contribution in [0.1, 0.15) is 51.6 Å². The Kier molecular flexibility index (Phi) is 6.06. The first kappa shape index (κ1) is 15.5. The highest BCUT2D eigenvalue weighted by atomic mass is 15.2. The van der Waals surface area contributed by atoms with E-state index in [0.717, 1.165) is 19.0 Å². The second-order valence-electron chi connectivity index (χ2n) is 6.23. The SMILES string of the molecule is CCCNCC(c1ccccc1)N1CCCC(C)C1C. The van der Waals surface area contributed by atoms with E-state index in [1.807, 2.05) is 0 Å². The fourth-order valence-corrected chi connectivity index (χ4v) is 3.32. The lowest BCUT2D eigenvalue weighted by Gasteiger charge is -2.43. The highest BCUT2D eigenvalue weighted by Crippen LogP contribution is 2.31. The Labute approximate surface area is 124 Å². The largest absolute Gasteiger partial charge is 0.315 e. The van der Waals surface area contributed by atoms with E-state index in [0.29, 0.717) is 12.1 Å². The van der Waals surface area contributed by atoms with Crippen molar-refractivity contribution < 1.29 is 0 Å². The number of nitrogens with zero attached hydrogens (tertiary/aromatic N) is 1. The third-order valence-corrected chi connectivity index (χ3v) is 4.77. The minimum atomic E-state index is 0.514. The third kappa shape index (κ3) is 3.83. The van der Waals surface area contributed by atoms with Crippen LogP contribution in [0.2, 0.25) is 0 Å². The molecule has 0 radical (unpaired) electrons. The lowest BCUT2D eigenvalue weighted by molar-refractivity contribution is 0.0671. The first-order valence-electron chi connectivity index (χ1n) is 8.25. The molecule has 0 bridgehead atoms. The van der Waals surface area contributed by atoms with Gasteiger partial charge in [0, 0.05) is 18.6 Å². The maximum Gasteiger partial charge on any atom is 0.0475 e. The normalized spacial score (nSPS) is 25.6. The molecule has 0 saturated carbocycles. The number of hydrogen-bond donors (Lipinski definition) is 1. The van der Waals surface area contributed by atoms with Gasteiger partial charge >= 0.3 is 0 Å². The van der Waals surface area contributed by atoms with Gasteiger partial charge in [-0.2, -0.15) is 0 Å². The van der Waals surface area contributed by atoms with Gasteiger partial charge in [-0.3, -0.25) is 4.90 Å². The van der Waals surface area contributed by atoms with E-state index in [-0.39, 0.29) is 0 Å². The molecule has 2 nitrogen and oxygen atoms in total. The van der Waals surface area contributed by atoms with E-state index in [4.69, 9.17) is 0 Å². The van der Waals surface area contributed by atoms with Crippen molar-refractivity contribution in [1.82, 2.24) is 10.2 Å². The molecular weight excluding hydrogens is 244 g/mol. The molecule has 20 heavy (non-hydrogen) atoms. The summed E-state index contributed by atoms with van der Waals surface area (Å²) in [7, 11) is 0. The van der Waals surface area contributed by atoms with Crippen molar-refractivity contribution in [3.05, 3.63) is 35.9 Å². The fraction of sp³-hybridized carbons (Fsp3) is 0.667. The second-order valence-corrected chi connectivity index (χ2v) is 6.23. The molecule has 0 amide bonds. The monoisotopic (exact) mass is 274 g/mol. The summed E-state index contributed by atoms with van der Waals surface area (Å²) in [4.78, 5) is 2.71. The van der Waals surface area contributed by atoms with E-state index in [1.54, 1.807) is 0 Å². The summed E-state index contributed by atoms with van der Waals surface area (Å²) in [6.45, 7) is 10.4. The molecule has 3 unspecified atom stereocenters. The summed E-state index contributed by atoms with van der Waals surface area (Å²) in [5, 5.41) is 3.62. The summed E-state index contributed by atoms with van der Waals surface area (Å²) >= 11 is 0. The zero-order valence-electron chi connectivity index (χ0n) is 13.3. The number of likely N-dealkylation sites (tertiary alicyclic amines) is 1. The highest BCUT2D eigenvalue weighted by molar-refractivity contribution is 5.20. The summed E-state index contributed by atoms with van der Waals surface area (Å²) in [5.74, 6) is 0.807. The Balaban J connectivity index is 2.13. The van der Waals surface area contributed by atoms with Gasteiger partial charge in [0.05, 0.1) is 0 Å². The summed E-state index contributed by atoms with van der Waals surface area (Å²) in [5.41, 5.74) is 1.46. The topological polar surface area (TPSA) is 15.3 Å². The molecule has 1 fully saturated rings. The first-order valence-corrected chi connectivity index (χ1v) is 8.25. The Morgan fingerprint density at radius 3 is 2.70 bits per heavy atom. The van der Waals surface area contributed by atoms with E-state index in [9.17, 15) is 0 Å². The molecule has 2 rings (SSSR count). The molecule has 112 valence electrons. The second kappa shape index (κ2) is 7.80. The molecule has 1 aromatic rings. The quantitative estimate of drug-likeness (QED) is 0.793. The standard InChI is InChI=1S/C18H30N2/c1-4-12-19-14-18(17-10-6-5-7-11-17)20-13-8-9-15(2)16(20)3/h5-7,10-11,15-16,18-19H,4,8-9,12-14H2,1-3H3. The molecule has 1 N–H and O–H groups in total. The number of piperidine rings is 1. The summed E-state index contributed by atoms with van der Waals surface area (Å²) < 4.78 is 0. The Hall–Kier alpha value is -0.860. The molecule has 0 spiro atoms. The number of nitrogens with one attached hydrogen (secondary N) is 1. The number of rotatable bonds is 6. The minimum Gasteiger partial charge on any atom is -0.315 e. The van der Waals surface area contributed by atoms with Gasteiger partial charge in [0.1, 0.15) is 0 Å². The Morgan fingerprint density at radius 1 is 1.25 bits per heavy atom. The van der Waals surface area contributed by atoms with Gasteiger partial charge in [-0.25, -0.2) is 0 Å². The minimum absolute atomic E-state index is 0.514. The van der Waals surface area contributed by atoms with E-state index < -0.39 is 0 Å². The zero-order chi connectivity index (χ0) is 14.4. The molecule has 0 aromatic heterocycles. The summed E-state index contributed by atoms with van der Waals surface area (Å²) in [6.07, 6.45) is 3.91. The van der Waals surface area contributed by atoms with Crippen molar-refractivity contribution >= 4 is 0 Å². The lowest BCUT2D eigenvalue weighted by Crippen LogP contribution is -2.47. The van der Waals surface area contributed by atoms with Crippen molar-refractivity contribution in [3.8, 4) is 0 Å². The predicted molar refractivity (Wildman–Crippen MR) is 86.9 cm³/mol. The van der Waals surface area contributed by atoms with E-state index >= 15 is 0 Å². The maximum atomic E-state index is 3.62. The van der Waals surface area contributed by atoms with Crippen LogP contribution in [0, 0.1) is 5.92 Å². The molecule has 1 aliphatic rings. The van der Waals surface area contributed by atoms with Gasteiger partial charge in [0.25, 0.3) is 0 Å². The third-order valence-electron chi connectivity index (χ3n) is 4.77. The van der Waals surface area contributed by atoms with Crippen LogP contribution in [0.25, 0.3) is 0 Å². The van der Waals surface area contributed by atoms with Gasteiger partial charge in [-0.15, -0.1) is 0 Å². The molecular formula is C18H30N2. The predicted octanol–water partition coefficient (Wildman–Crippen LogP) is 3.85. The van der Waals surface area contributed by atoms with Crippen molar-refractivity contribution in [2.24, 2.45) is 5.92 Å². The molecule has 2 heteroatoms. The van der Waals surface area contributed by atoms with Crippen LogP contribution in [0.15, 0.2) is 30.3 Å². The zero-order valence-corrected chi connectivity index (χ0v) is 13.3. The van der Waals surface area contributed by atoms with Gasteiger partial charge in [-0.05, 0) is 50.8 Å². The summed E-state index contributed by atoms with van der Waals surface area (Å²) in [6, 6.07) is 12.2. The van der Waals surface area contributed by atoms with Crippen molar-refractivity contribution in [2.75, 3.05) is 19.6 Å². The van der Waals surface area contributed by atoms with Crippen LogP contribution in [0.3, 0.4) is 0 Å². The Morgan fingerprint density at radius 2 is 2.00 bits per heavy atom. The highest BCUT2D eigenvalue weighted by Gasteiger charge is 2.30. The molecule has 1 saturated heterocycles. The smallest absolute Gasteiger partial charge is 0.0475 e. The van der Waals surface area contributed by atoms with Crippen LogP contribution >= 0.6 is 0 Å². The first-order chi connectivity index (χ1) is 9.74. The van der Waals surface area contributed by atoms with E-state index in [2.05, 4.69) is 61.3 Å². The number of hydrogen-bond acceptors (Lipinski definition) is 2. The van der Waals surface area contributed by atoms with Crippen molar-refractivity contribution in [3.63, 3.8) is 0 Å². The van der Waals surface area contributed by atoms with Gasteiger partial charge in [-0.1, -0.05) is 44.2 Å². The van der Waals surface area contributed by atoms with Crippen molar-refractivity contribution in [1.29, 1.82) is 0 Å². The van der Waals surface area contributed by atoms with Gasteiger partial charge in [0.2, 0.25) is 0 Å². The average molecular weight is 274 g/mol.